The monoisotopic (exact) mass is 238 g/mol. The van der Waals surface area contributed by atoms with Crippen LogP contribution in [0.15, 0.2) is 0 Å². The Hall–Kier alpha value is 1.57. The zero-order valence-electron chi connectivity index (χ0n) is 7.82. The van der Waals surface area contributed by atoms with Crippen LogP contribution >= 0.6 is 0 Å². The Morgan fingerprint density at radius 3 is 1.88 bits per heavy atom. The van der Waals surface area contributed by atoms with Crippen molar-refractivity contribution >= 4 is 48.9 Å². The summed E-state index contributed by atoms with van der Waals surface area (Å²) in [5.74, 6) is 1.04. The molecule has 0 aromatic rings. The van der Waals surface area contributed by atoms with Crippen LogP contribution in [0.25, 0.3) is 0 Å². The second-order valence-electron chi connectivity index (χ2n) is 2.74. The summed E-state index contributed by atoms with van der Waals surface area (Å²) in [5, 5.41) is 0. The zero-order chi connectivity index (χ0) is 5.11. The van der Waals surface area contributed by atoms with Gasteiger partial charge in [0.1, 0.15) is 0 Å². The number of rotatable bonds is 0. The van der Waals surface area contributed by atoms with E-state index in [9.17, 15) is 0 Å². The minimum atomic E-state index is 0. The molecule has 8 heavy (non-hydrogen) atoms. The first-order valence-electron chi connectivity index (χ1n) is 3.39. The maximum Gasteiger partial charge on any atom is 2.00 e. The predicted octanol–water partition coefficient (Wildman–Crippen LogP) is 2.43. The van der Waals surface area contributed by atoms with Crippen molar-refractivity contribution in [3.8, 4) is 0 Å². The summed E-state index contributed by atoms with van der Waals surface area (Å²) < 4.78 is 0. The SMILES string of the molecule is CC1CCCCC1.[Ba+2].[H-].[H-]. The topological polar surface area (TPSA) is 0 Å². The van der Waals surface area contributed by atoms with Crippen LogP contribution in [0.1, 0.15) is 41.9 Å². The van der Waals surface area contributed by atoms with Crippen molar-refractivity contribution in [1.82, 2.24) is 0 Å². The molecule has 1 saturated carbocycles. The third-order valence-electron chi connectivity index (χ3n) is 1.89. The molecule has 0 saturated heterocycles. The second-order valence-corrected chi connectivity index (χ2v) is 2.74. The Morgan fingerprint density at radius 1 is 1.12 bits per heavy atom. The second kappa shape index (κ2) is 5.36. The van der Waals surface area contributed by atoms with Crippen LogP contribution in [-0.4, -0.2) is 48.9 Å². The van der Waals surface area contributed by atoms with Crippen molar-refractivity contribution < 1.29 is 2.85 Å². The van der Waals surface area contributed by atoms with Crippen molar-refractivity contribution in [2.45, 2.75) is 39.0 Å². The first-order valence-corrected chi connectivity index (χ1v) is 3.39. The fourth-order valence-corrected chi connectivity index (χ4v) is 1.31. The van der Waals surface area contributed by atoms with Crippen molar-refractivity contribution in [1.29, 1.82) is 0 Å². The number of hydrogen-bond acceptors (Lipinski definition) is 0. The Bertz CT molecular complexity index is 53.6. The molecule has 0 N–H and O–H groups in total. The van der Waals surface area contributed by atoms with Crippen LogP contribution in [0.2, 0.25) is 0 Å². The molecule has 1 aliphatic carbocycles. The Balaban J connectivity index is -0.000000163. The maximum atomic E-state index is 2.36. The largest absolute Gasteiger partial charge is 2.00 e. The van der Waals surface area contributed by atoms with Gasteiger partial charge in [0.25, 0.3) is 0 Å². The fraction of sp³-hybridized carbons (Fsp3) is 1.00. The molecule has 1 rings (SSSR count). The molecule has 1 aliphatic rings. The molecule has 0 spiro atoms. The molecule has 0 radical (unpaired) electrons. The first-order chi connectivity index (χ1) is 3.39. The van der Waals surface area contributed by atoms with Gasteiger partial charge < -0.3 is 2.85 Å². The van der Waals surface area contributed by atoms with Gasteiger partial charge in [-0.15, -0.1) is 0 Å². The van der Waals surface area contributed by atoms with Crippen LogP contribution in [-0.2, 0) is 0 Å². The summed E-state index contributed by atoms with van der Waals surface area (Å²) in [5.41, 5.74) is 0. The van der Waals surface area contributed by atoms with E-state index in [1.807, 2.05) is 0 Å². The summed E-state index contributed by atoms with van der Waals surface area (Å²) in [6.07, 6.45) is 7.44. The molecule has 0 unspecified atom stereocenters. The van der Waals surface area contributed by atoms with E-state index in [1.165, 1.54) is 32.1 Å². The number of hydrogen-bond donors (Lipinski definition) is 0. The van der Waals surface area contributed by atoms with Crippen LogP contribution < -0.4 is 0 Å². The molecule has 0 aromatic heterocycles. The van der Waals surface area contributed by atoms with Crippen LogP contribution in [0.5, 0.6) is 0 Å². The average molecular weight is 238 g/mol. The van der Waals surface area contributed by atoms with Crippen molar-refractivity contribution in [3.63, 3.8) is 0 Å². The van der Waals surface area contributed by atoms with Gasteiger partial charge in [-0.05, 0) is 5.92 Å². The van der Waals surface area contributed by atoms with Gasteiger partial charge in [-0.1, -0.05) is 39.0 Å². The van der Waals surface area contributed by atoms with Gasteiger partial charge in [-0.2, -0.15) is 0 Å². The molecule has 0 nitrogen and oxygen atoms in total. The van der Waals surface area contributed by atoms with Crippen molar-refractivity contribution in [2.75, 3.05) is 0 Å². The third-order valence-corrected chi connectivity index (χ3v) is 1.89. The van der Waals surface area contributed by atoms with Gasteiger partial charge in [0.2, 0.25) is 0 Å². The standard InChI is InChI=1S/C7H14.Ba.2H/c1-7-5-3-2-4-6-7;;;/h7H,2-6H2,1H3;;;/q;+2;2*-1. The molecule has 46 valence electrons. The molecular weight excluding hydrogens is 221 g/mol. The van der Waals surface area contributed by atoms with E-state index in [0.717, 1.165) is 5.92 Å². The molecule has 0 bridgehead atoms. The zero-order valence-corrected chi connectivity index (χ0v) is 10.3. The summed E-state index contributed by atoms with van der Waals surface area (Å²) >= 11 is 0. The Morgan fingerprint density at radius 2 is 1.62 bits per heavy atom. The van der Waals surface area contributed by atoms with Gasteiger partial charge >= 0.3 is 48.9 Å². The van der Waals surface area contributed by atoms with E-state index in [-0.39, 0.29) is 51.7 Å². The van der Waals surface area contributed by atoms with Crippen LogP contribution in [0, 0.1) is 5.92 Å². The van der Waals surface area contributed by atoms with E-state index in [1.54, 1.807) is 0 Å². The van der Waals surface area contributed by atoms with Crippen LogP contribution in [0.4, 0.5) is 0 Å². The minimum absolute atomic E-state index is 0. The van der Waals surface area contributed by atoms with Gasteiger partial charge in [0.05, 0.1) is 0 Å². The van der Waals surface area contributed by atoms with Gasteiger partial charge in [-0.25, -0.2) is 0 Å². The first kappa shape index (κ1) is 9.57. The van der Waals surface area contributed by atoms with Gasteiger partial charge in [0, 0.05) is 0 Å². The van der Waals surface area contributed by atoms with Crippen molar-refractivity contribution in [2.24, 2.45) is 5.92 Å². The quantitative estimate of drug-likeness (QED) is 0.568. The minimum Gasteiger partial charge on any atom is -1.00 e. The molecule has 0 amide bonds. The van der Waals surface area contributed by atoms with Gasteiger partial charge in [-0.3, -0.25) is 0 Å². The normalized spacial score (nSPS) is 22.1. The molecular formula is C7H16Ba. The summed E-state index contributed by atoms with van der Waals surface area (Å²) in [6, 6.07) is 0. The molecule has 0 heterocycles. The molecule has 1 fully saturated rings. The van der Waals surface area contributed by atoms with E-state index in [2.05, 4.69) is 6.92 Å². The Kier molecular flexibility index (Phi) is 6.42. The molecule has 0 atom stereocenters. The Labute approximate surface area is 95.5 Å². The third kappa shape index (κ3) is 3.57. The van der Waals surface area contributed by atoms with E-state index in [4.69, 9.17) is 0 Å². The molecule has 1 heteroatoms. The van der Waals surface area contributed by atoms with Crippen LogP contribution in [0.3, 0.4) is 0 Å². The summed E-state index contributed by atoms with van der Waals surface area (Å²) in [4.78, 5) is 0. The summed E-state index contributed by atoms with van der Waals surface area (Å²) in [6.45, 7) is 2.36. The fourth-order valence-electron chi connectivity index (χ4n) is 1.31. The molecule has 0 aromatic carbocycles. The van der Waals surface area contributed by atoms with Gasteiger partial charge in [0.15, 0.2) is 0 Å². The maximum absolute atomic E-state index is 2.36. The smallest absolute Gasteiger partial charge is 1.00 e. The average Bonchev–Trinajstić information content (AvgIpc) is 1.69. The van der Waals surface area contributed by atoms with E-state index in [0.29, 0.717) is 0 Å². The van der Waals surface area contributed by atoms with Crippen molar-refractivity contribution in [3.05, 3.63) is 0 Å². The van der Waals surface area contributed by atoms with E-state index >= 15 is 0 Å². The molecule has 0 aliphatic heterocycles. The van der Waals surface area contributed by atoms with E-state index < -0.39 is 0 Å². The predicted molar refractivity (Wildman–Crippen MR) is 40.2 cm³/mol. The summed E-state index contributed by atoms with van der Waals surface area (Å²) in [7, 11) is 0.